The third kappa shape index (κ3) is 5.44. The Kier molecular flexibility index (Phi) is 6.91. The van der Waals surface area contributed by atoms with Crippen LogP contribution in [0.2, 0.25) is 0 Å². The lowest BCUT2D eigenvalue weighted by Gasteiger charge is -2.33. The minimum absolute atomic E-state index is 0.172. The summed E-state index contributed by atoms with van der Waals surface area (Å²) in [5.74, 6) is 0.0504. The molecule has 1 aromatic rings. The van der Waals surface area contributed by atoms with Gasteiger partial charge in [-0.2, -0.15) is 17.5 Å². The van der Waals surface area contributed by atoms with Gasteiger partial charge in [-0.3, -0.25) is 4.79 Å². The Morgan fingerprint density at radius 1 is 1.22 bits per heavy atom. The minimum atomic E-state index is -4.54. The summed E-state index contributed by atoms with van der Waals surface area (Å²) in [6.07, 6.45) is -2.03. The average Bonchev–Trinajstić information content (AvgIpc) is 2.60. The maximum absolute atomic E-state index is 12.9. The van der Waals surface area contributed by atoms with Crippen LogP contribution in [0, 0.1) is 5.92 Å². The summed E-state index contributed by atoms with van der Waals surface area (Å²) in [6, 6.07) is 2.54. The molecule has 1 aromatic carbocycles. The van der Waals surface area contributed by atoms with Crippen LogP contribution in [0.4, 0.5) is 13.2 Å². The van der Waals surface area contributed by atoms with Gasteiger partial charge >= 0.3 is 6.18 Å². The highest BCUT2D eigenvalue weighted by atomic mass is 32.2. The van der Waals surface area contributed by atoms with Gasteiger partial charge in [0, 0.05) is 13.1 Å². The number of piperidine rings is 1. The first-order chi connectivity index (χ1) is 12.5. The van der Waals surface area contributed by atoms with Gasteiger partial charge in [-0.15, -0.1) is 0 Å². The van der Waals surface area contributed by atoms with Crippen molar-refractivity contribution in [2.75, 3.05) is 13.1 Å². The Bertz CT molecular complexity index is 746. The summed E-state index contributed by atoms with van der Waals surface area (Å²) in [5.41, 5.74) is -0.914. The van der Waals surface area contributed by atoms with E-state index in [1.807, 2.05) is 13.8 Å². The van der Waals surface area contributed by atoms with Crippen molar-refractivity contribution in [2.24, 2.45) is 5.92 Å². The molecule has 1 saturated heterocycles. The first kappa shape index (κ1) is 21.7. The molecule has 27 heavy (non-hydrogen) atoms. The fourth-order valence-electron chi connectivity index (χ4n) is 3.01. The van der Waals surface area contributed by atoms with Gasteiger partial charge in [0.1, 0.15) is 6.04 Å². The maximum atomic E-state index is 12.9. The Hall–Kier alpha value is -1.61. The molecule has 1 N–H and O–H groups in total. The van der Waals surface area contributed by atoms with Crippen molar-refractivity contribution >= 4 is 15.9 Å². The van der Waals surface area contributed by atoms with E-state index in [1.165, 1.54) is 0 Å². The number of hydrogen-bond donors (Lipinski definition) is 1. The summed E-state index contributed by atoms with van der Waals surface area (Å²) >= 11 is 0. The number of benzene rings is 1. The molecule has 1 heterocycles. The van der Waals surface area contributed by atoms with Gasteiger partial charge in [0.05, 0.1) is 10.5 Å². The van der Waals surface area contributed by atoms with E-state index in [-0.39, 0.29) is 17.3 Å². The molecule has 0 bridgehead atoms. The van der Waals surface area contributed by atoms with E-state index in [4.69, 9.17) is 0 Å². The largest absolute Gasteiger partial charge is 0.416 e. The topological polar surface area (TPSA) is 66.5 Å². The molecule has 0 radical (unpaired) electrons. The molecule has 9 heteroatoms. The lowest BCUT2D eigenvalue weighted by atomic mass is 10.0. The zero-order valence-electron chi connectivity index (χ0n) is 15.4. The quantitative estimate of drug-likeness (QED) is 0.787. The van der Waals surface area contributed by atoms with Crippen molar-refractivity contribution < 1.29 is 26.4 Å². The van der Waals surface area contributed by atoms with Gasteiger partial charge in [0.2, 0.25) is 15.9 Å². The molecule has 0 saturated carbocycles. The van der Waals surface area contributed by atoms with Crippen LogP contribution in [0.3, 0.4) is 0 Å². The summed E-state index contributed by atoms with van der Waals surface area (Å²) in [7, 11) is -4.05. The SMILES string of the molecule is CC(C)CCNC(=O)C1CCCCN1S(=O)(=O)c1ccc(C(F)(F)F)cc1. The van der Waals surface area contributed by atoms with E-state index in [2.05, 4.69) is 5.32 Å². The van der Waals surface area contributed by atoms with Crippen molar-refractivity contribution in [3.8, 4) is 0 Å². The molecular formula is C18H25F3N2O3S. The molecule has 0 spiro atoms. The van der Waals surface area contributed by atoms with Crippen LogP contribution in [0.25, 0.3) is 0 Å². The highest BCUT2D eigenvalue weighted by Crippen LogP contribution is 2.31. The van der Waals surface area contributed by atoms with Gasteiger partial charge in [0.25, 0.3) is 0 Å². The molecule has 152 valence electrons. The van der Waals surface area contributed by atoms with Gasteiger partial charge in [-0.1, -0.05) is 20.3 Å². The van der Waals surface area contributed by atoms with E-state index < -0.39 is 27.8 Å². The molecule has 1 fully saturated rings. The zero-order valence-corrected chi connectivity index (χ0v) is 16.2. The predicted molar refractivity (Wildman–Crippen MR) is 95.4 cm³/mol. The van der Waals surface area contributed by atoms with E-state index in [9.17, 15) is 26.4 Å². The van der Waals surface area contributed by atoms with Gasteiger partial charge < -0.3 is 5.32 Å². The molecular weight excluding hydrogens is 381 g/mol. The highest BCUT2D eigenvalue weighted by Gasteiger charge is 2.38. The third-order valence-corrected chi connectivity index (χ3v) is 6.49. The Balaban J connectivity index is 2.19. The molecule has 0 aromatic heterocycles. The standard InChI is InChI=1S/C18H25F3N2O3S/c1-13(2)10-11-22-17(24)16-5-3-4-12-23(16)27(25,26)15-8-6-14(7-9-15)18(19,20)21/h6-9,13,16H,3-5,10-12H2,1-2H3,(H,22,24). The van der Waals surface area contributed by atoms with Crippen LogP contribution in [0.15, 0.2) is 29.2 Å². The fourth-order valence-corrected chi connectivity index (χ4v) is 4.66. The normalized spacial score (nSPS) is 19.3. The second-order valence-corrected chi connectivity index (χ2v) is 9.01. The number of alkyl halides is 3. The molecule has 0 aliphatic carbocycles. The minimum Gasteiger partial charge on any atom is -0.355 e. The Morgan fingerprint density at radius 2 is 1.85 bits per heavy atom. The molecule has 1 aliphatic heterocycles. The van der Waals surface area contributed by atoms with E-state index in [1.54, 1.807) is 0 Å². The number of sulfonamides is 1. The maximum Gasteiger partial charge on any atom is 0.416 e. The number of amides is 1. The van der Waals surface area contributed by atoms with Crippen LogP contribution in [-0.4, -0.2) is 37.8 Å². The van der Waals surface area contributed by atoms with Gasteiger partial charge in [-0.05, 0) is 49.4 Å². The predicted octanol–water partition coefficient (Wildman–Crippen LogP) is 3.41. The van der Waals surface area contributed by atoms with Crippen LogP contribution in [0.1, 0.15) is 45.1 Å². The van der Waals surface area contributed by atoms with Crippen LogP contribution >= 0.6 is 0 Å². The monoisotopic (exact) mass is 406 g/mol. The average molecular weight is 406 g/mol. The number of carbonyl (C=O) groups excluding carboxylic acids is 1. The fraction of sp³-hybridized carbons (Fsp3) is 0.611. The number of halogens is 3. The highest BCUT2D eigenvalue weighted by molar-refractivity contribution is 7.89. The molecule has 1 aliphatic rings. The first-order valence-electron chi connectivity index (χ1n) is 9.00. The molecule has 2 rings (SSSR count). The molecule has 1 unspecified atom stereocenters. The van der Waals surface area contributed by atoms with Crippen LogP contribution < -0.4 is 5.32 Å². The van der Waals surface area contributed by atoms with Crippen LogP contribution in [0.5, 0.6) is 0 Å². The number of hydrogen-bond acceptors (Lipinski definition) is 3. The zero-order chi connectivity index (χ0) is 20.2. The summed E-state index contributed by atoms with van der Waals surface area (Å²) in [5, 5.41) is 2.77. The Labute approximate surface area is 158 Å². The Morgan fingerprint density at radius 3 is 2.41 bits per heavy atom. The second kappa shape index (κ2) is 8.60. The van der Waals surface area contributed by atoms with Crippen molar-refractivity contribution in [1.82, 2.24) is 9.62 Å². The van der Waals surface area contributed by atoms with Crippen LogP contribution in [-0.2, 0) is 21.0 Å². The number of nitrogens with one attached hydrogen (secondary N) is 1. The number of rotatable bonds is 6. The van der Waals surface area contributed by atoms with Gasteiger partial charge in [-0.25, -0.2) is 8.42 Å². The lowest BCUT2D eigenvalue weighted by Crippen LogP contribution is -2.52. The van der Waals surface area contributed by atoms with Crippen molar-refractivity contribution in [3.05, 3.63) is 29.8 Å². The van der Waals surface area contributed by atoms with Crippen molar-refractivity contribution in [2.45, 2.75) is 56.6 Å². The molecule has 1 atom stereocenters. The number of carbonyl (C=O) groups is 1. The lowest BCUT2D eigenvalue weighted by molar-refractivity contribution is -0.137. The summed E-state index contributed by atoms with van der Waals surface area (Å²) in [4.78, 5) is 12.2. The summed E-state index contributed by atoms with van der Waals surface area (Å²) in [6.45, 7) is 4.68. The smallest absolute Gasteiger partial charge is 0.355 e. The third-order valence-electron chi connectivity index (χ3n) is 4.57. The van der Waals surface area contributed by atoms with E-state index in [0.29, 0.717) is 25.3 Å². The van der Waals surface area contributed by atoms with Gasteiger partial charge in [0.15, 0.2) is 0 Å². The van der Waals surface area contributed by atoms with Crippen molar-refractivity contribution in [1.29, 1.82) is 0 Å². The van der Waals surface area contributed by atoms with E-state index in [0.717, 1.165) is 41.4 Å². The van der Waals surface area contributed by atoms with E-state index >= 15 is 0 Å². The van der Waals surface area contributed by atoms with Crippen molar-refractivity contribution in [3.63, 3.8) is 0 Å². The second-order valence-electron chi connectivity index (χ2n) is 7.12. The molecule has 1 amide bonds. The number of nitrogens with zero attached hydrogens (tertiary/aromatic N) is 1. The first-order valence-corrected chi connectivity index (χ1v) is 10.4. The summed E-state index contributed by atoms with van der Waals surface area (Å²) < 4.78 is 65.0. The molecule has 5 nitrogen and oxygen atoms in total.